The van der Waals surface area contributed by atoms with Crippen molar-refractivity contribution in [2.45, 2.75) is 17.7 Å². The van der Waals surface area contributed by atoms with Crippen LogP contribution in [0.15, 0.2) is 59.5 Å². The fraction of sp³-hybridized carbons (Fsp3) is 0.188. The molecule has 0 unspecified atom stereocenters. The summed E-state index contributed by atoms with van der Waals surface area (Å²) in [5, 5.41) is 0. The Morgan fingerprint density at radius 1 is 1.05 bits per heavy atom. The average Bonchev–Trinajstić information content (AvgIpc) is 2.44. The Kier molecular flexibility index (Phi) is 5.16. The summed E-state index contributed by atoms with van der Waals surface area (Å²) < 4.78 is 13.0. The maximum absolute atomic E-state index is 13.0. The first-order chi connectivity index (χ1) is 9.24. The molecule has 3 heteroatoms. The van der Waals surface area contributed by atoms with Crippen molar-refractivity contribution < 1.29 is 9.18 Å². The van der Waals surface area contributed by atoms with E-state index in [1.54, 1.807) is 6.07 Å². The van der Waals surface area contributed by atoms with Crippen LogP contribution >= 0.6 is 11.8 Å². The maximum Gasteiger partial charge on any atom is 0.143 e. The number of benzene rings is 2. The Morgan fingerprint density at radius 2 is 1.84 bits per heavy atom. The molecule has 2 rings (SSSR count). The predicted octanol–water partition coefficient (Wildman–Crippen LogP) is 4.12. The number of aryl methyl sites for hydroxylation is 1. The minimum atomic E-state index is -0.262. The number of ketones is 1. The van der Waals surface area contributed by atoms with Crippen LogP contribution in [0.5, 0.6) is 0 Å². The van der Waals surface area contributed by atoms with Crippen LogP contribution in [0.25, 0.3) is 0 Å². The zero-order chi connectivity index (χ0) is 13.5. The average molecular weight is 274 g/mol. The van der Waals surface area contributed by atoms with E-state index in [9.17, 15) is 9.18 Å². The van der Waals surface area contributed by atoms with E-state index in [0.717, 1.165) is 11.3 Å². The highest BCUT2D eigenvalue weighted by Gasteiger charge is 2.04. The quantitative estimate of drug-likeness (QED) is 0.737. The van der Waals surface area contributed by atoms with E-state index in [1.807, 2.05) is 36.4 Å². The number of thioether (sulfide) groups is 1. The molecule has 0 aliphatic rings. The Labute approximate surface area is 116 Å². The number of carbonyl (C=O) groups is 1. The Hall–Kier alpha value is -1.61. The van der Waals surface area contributed by atoms with Gasteiger partial charge in [-0.1, -0.05) is 36.4 Å². The molecule has 0 aromatic heterocycles. The van der Waals surface area contributed by atoms with E-state index in [-0.39, 0.29) is 11.6 Å². The van der Waals surface area contributed by atoms with Crippen LogP contribution in [-0.2, 0) is 11.2 Å². The highest BCUT2D eigenvalue weighted by Crippen LogP contribution is 2.19. The molecule has 0 radical (unpaired) electrons. The molecule has 0 heterocycles. The van der Waals surface area contributed by atoms with Crippen molar-refractivity contribution in [1.82, 2.24) is 0 Å². The predicted molar refractivity (Wildman–Crippen MR) is 76.9 cm³/mol. The van der Waals surface area contributed by atoms with Gasteiger partial charge < -0.3 is 0 Å². The first-order valence-corrected chi connectivity index (χ1v) is 7.16. The lowest BCUT2D eigenvalue weighted by Crippen LogP contribution is -2.03. The molecule has 0 atom stereocenters. The maximum atomic E-state index is 13.0. The molecule has 0 aliphatic carbocycles. The Bertz CT molecular complexity index is 539. The molecule has 19 heavy (non-hydrogen) atoms. The van der Waals surface area contributed by atoms with Crippen molar-refractivity contribution in [2.75, 3.05) is 5.75 Å². The van der Waals surface area contributed by atoms with Crippen LogP contribution in [0, 0.1) is 5.82 Å². The summed E-state index contributed by atoms with van der Waals surface area (Å²) in [5.74, 6) is 0.330. The van der Waals surface area contributed by atoms with E-state index < -0.39 is 0 Å². The Morgan fingerprint density at radius 3 is 2.58 bits per heavy atom. The molecular weight excluding hydrogens is 259 g/mol. The van der Waals surface area contributed by atoms with Crippen molar-refractivity contribution in [1.29, 1.82) is 0 Å². The van der Waals surface area contributed by atoms with Crippen LogP contribution < -0.4 is 0 Å². The molecule has 0 N–H and O–H groups in total. The van der Waals surface area contributed by atoms with Gasteiger partial charge in [-0.2, -0.15) is 0 Å². The molecule has 2 aromatic rings. The number of rotatable bonds is 6. The zero-order valence-electron chi connectivity index (χ0n) is 10.5. The highest BCUT2D eigenvalue weighted by atomic mass is 32.2. The summed E-state index contributed by atoms with van der Waals surface area (Å²) in [6, 6.07) is 16.3. The third-order valence-electron chi connectivity index (χ3n) is 2.73. The normalized spacial score (nSPS) is 10.4. The highest BCUT2D eigenvalue weighted by molar-refractivity contribution is 8.00. The molecule has 0 saturated carbocycles. The van der Waals surface area contributed by atoms with Crippen LogP contribution in [0.4, 0.5) is 4.39 Å². The number of hydrogen-bond acceptors (Lipinski definition) is 2. The van der Waals surface area contributed by atoms with Crippen LogP contribution in [0.3, 0.4) is 0 Å². The Balaban J connectivity index is 1.76. The summed E-state index contributed by atoms with van der Waals surface area (Å²) in [7, 11) is 0. The SMILES string of the molecule is O=C(CCc1ccccc1)CSc1cccc(F)c1. The summed E-state index contributed by atoms with van der Waals surface area (Å²) in [5.41, 5.74) is 1.17. The third kappa shape index (κ3) is 4.87. The van der Waals surface area contributed by atoms with Crippen LogP contribution in [0.2, 0.25) is 0 Å². The van der Waals surface area contributed by atoms with Crippen LogP contribution in [-0.4, -0.2) is 11.5 Å². The zero-order valence-corrected chi connectivity index (χ0v) is 11.3. The fourth-order valence-electron chi connectivity index (χ4n) is 1.72. The van der Waals surface area contributed by atoms with Crippen molar-refractivity contribution in [3.05, 3.63) is 66.0 Å². The van der Waals surface area contributed by atoms with E-state index in [2.05, 4.69) is 0 Å². The lowest BCUT2D eigenvalue weighted by Gasteiger charge is -2.02. The smallest absolute Gasteiger partial charge is 0.143 e. The van der Waals surface area contributed by atoms with Gasteiger partial charge in [0, 0.05) is 11.3 Å². The van der Waals surface area contributed by atoms with Crippen LogP contribution in [0.1, 0.15) is 12.0 Å². The molecule has 1 nitrogen and oxygen atoms in total. The fourth-order valence-corrected chi connectivity index (χ4v) is 2.56. The number of carbonyl (C=O) groups excluding carboxylic acids is 1. The molecule has 0 saturated heterocycles. The van der Waals surface area contributed by atoms with Gasteiger partial charge in [0.1, 0.15) is 11.6 Å². The van der Waals surface area contributed by atoms with E-state index >= 15 is 0 Å². The molecule has 0 fully saturated rings. The molecular formula is C16H15FOS. The van der Waals surface area contributed by atoms with Crippen molar-refractivity contribution in [2.24, 2.45) is 0 Å². The summed E-state index contributed by atoms with van der Waals surface area (Å²) >= 11 is 1.39. The first-order valence-electron chi connectivity index (χ1n) is 6.18. The summed E-state index contributed by atoms with van der Waals surface area (Å²) in [4.78, 5) is 12.6. The molecule has 0 spiro atoms. The number of hydrogen-bond donors (Lipinski definition) is 0. The van der Waals surface area contributed by atoms with Crippen molar-refractivity contribution in [3.8, 4) is 0 Å². The largest absolute Gasteiger partial charge is 0.299 e. The van der Waals surface area contributed by atoms with Gasteiger partial charge in [-0.25, -0.2) is 4.39 Å². The van der Waals surface area contributed by atoms with Gasteiger partial charge >= 0.3 is 0 Å². The minimum Gasteiger partial charge on any atom is -0.299 e. The van der Waals surface area contributed by atoms with Gasteiger partial charge in [0.2, 0.25) is 0 Å². The van der Waals surface area contributed by atoms with Gasteiger partial charge in [-0.15, -0.1) is 11.8 Å². The second kappa shape index (κ2) is 7.10. The minimum absolute atomic E-state index is 0.193. The lowest BCUT2D eigenvalue weighted by atomic mass is 10.1. The molecule has 2 aromatic carbocycles. The number of halogens is 1. The van der Waals surface area contributed by atoms with E-state index in [1.165, 1.54) is 29.5 Å². The summed E-state index contributed by atoms with van der Waals surface area (Å²) in [6.45, 7) is 0. The van der Waals surface area contributed by atoms with Gasteiger partial charge in [-0.05, 0) is 30.2 Å². The first kappa shape index (κ1) is 13.8. The molecule has 0 aliphatic heterocycles. The topological polar surface area (TPSA) is 17.1 Å². The van der Waals surface area contributed by atoms with Crippen molar-refractivity contribution >= 4 is 17.5 Å². The monoisotopic (exact) mass is 274 g/mol. The van der Waals surface area contributed by atoms with Gasteiger partial charge in [0.25, 0.3) is 0 Å². The van der Waals surface area contributed by atoms with E-state index in [0.29, 0.717) is 12.2 Å². The van der Waals surface area contributed by atoms with Gasteiger partial charge in [0.15, 0.2) is 0 Å². The lowest BCUT2D eigenvalue weighted by molar-refractivity contribution is -0.116. The molecule has 0 amide bonds. The third-order valence-corrected chi connectivity index (χ3v) is 3.78. The molecule has 0 bridgehead atoms. The van der Waals surface area contributed by atoms with E-state index in [4.69, 9.17) is 0 Å². The van der Waals surface area contributed by atoms with Gasteiger partial charge in [-0.3, -0.25) is 4.79 Å². The molecule has 98 valence electrons. The second-order valence-corrected chi connectivity index (χ2v) is 5.32. The second-order valence-electron chi connectivity index (χ2n) is 4.27. The number of Topliss-reactive ketones (excluding diaryl/α,β-unsaturated/α-hetero) is 1. The standard InChI is InChI=1S/C16H15FOS/c17-14-7-4-8-16(11-14)19-12-15(18)10-9-13-5-2-1-3-6-13/h1-8,11H,9-10,12H2. The van der Waals surface area contributed by atoms with Crippen molar-refractivity contribution in [3.63, 3.8) is 0 Å². The van der Waals surface area contributed by atoms with Gasteiger partial charge in [0.05, 0.1) is 5.75 Å². The summed E-state index contributed by atoms with van der Waals surface area (Å²) in [6.07, 6.45) is 1.30.